The van der Waals surface area contributed by atoms with E-state index in [1.807, 2.05) is 0 Å². The number of hydrogen-bond acceptors (Lipinski definition) is 1. The Balaban J connectivity index is 2.94. The number of ketones is 1. The Morgan fingerprint density at radius 3 is 2.53 bits per heavy atom. The van der Waals surface area contributed by atoms with Gasteiger partial charge < -0.3 is 0 Å². The van der Waals surface area contributed by atoms with E-state index in [0.29, 0.717) is 5.56 Å². The zero-order valence-corrected chi connectivity index (χ0v) is 10.5. The van der Waals surface area contributed by atoms with Crippen molar-refractivity contribution in [3.8, 4) is 0 Å². The summed E-state index contributed by atoms with van der Waals surface area (Å²) in [7, 11) is 0. The van der Waals surface area contributed by atoms with E-state index in [1.165, 1.54) is 19.1 Å². The Morgan fingerprint density at radius 1 is 1.35 bits per heavy atom. The third-order valence-electron chi connectivity index (χ3n) is 2.47. The van der Waals surface area contributed by atoms with Gasteiger partial charge in [-0.25, -0.2) is 8.78 Å². The van der Waals surface area contributed by atoms with Gasteiger partial charge in [-0.2, -0.15) is 0 Å². The molecule has 0 bridgehead atoms. The van der Waals surface area contributed by atoms with Gasteiger partial charge in [-0.3, -0.25) is 4.79 Å². The summed E-state index contributed by atoms with van der Waals surface area (Å²) in [6.45, 7) is 5.00. The highest BCUT2D eigenvalue weighted by atomic mass is 19.3. The smallest absolute Gasteiger partial charge is 0.273 e. The Morgan fingerprint density at radius 2 is 2.00 bits per heavy atom. The molecule has 17 heavy (non-hydrogen) atoms. The van der Waals surface area contributed by atoms with Crippen molar-refractivity contribution in [1.82, 2.24) is 0 Å². The molecule has 0 heterocycles. The first-order valence-electron chi connectivity index (χ1n) is 5.78. The summed E-state index contributed by atoms with van der Waals surface area (Å²) in [6, 6.07) is 6.15. The van der Waals surface area contributed by atoms with Gasteiger partial charge in [0.25, 0.3) is 5.92 Å². The van der Waals surface area contributed by atoms with Crippen LogP contribution in [0.15, 0.2) is 24.3 Å². The predicted molar refractivity (Wildman–Crippen MR) is 64.2 cm³/mol. The first kappa shape index (κ1) is 13.8. The number of rotatable bonds is 5. The quantitative estimate of drug-likeness (QED) is 0.761. The van der Waals surface area contributed by atoms with Crippen LogP contribution in [0.1, 0.15) is 38.3 Å². The van der Waals surface area contributed by atoms with E-state index < -0.39 is 5.92 Å². The number of carbonyl (C=O) groups is 1. The molecule has 94 valence electrons. The highest BCUT2D eigenvalue weighted by Crippen LogP contribution is 2.34. The molecule has 0 amide bonds. The lowest BCUT2D eigenvalue weighted by atomic mass is 9.96. The zero-order chi connectivity index (χ0) is 13.1. The summed E-state index contributed by atoms with van der Waals surface area (Å²) < 4.78 is 27.7. The van der Waals surface area contributed by atoms with E-state index in [2.05, 4.69) is 0 Å². The van der Waals surface area contributed by atoms with Crippen LogP contribution in [-0.4, -0.2) is 5.78 Å². The number of hydrogen-bond donors (Lipinski definition) is 0. The van der Waals surface area contributed by atoms with E-state index >= 15 is 0 Å². The van der Waals surface area contributed by atoms with Crippen LogP contribution < -0.4 is 0 Å². The Hall–Kier alpha value is -1.25. The minimum absolute atomic E-state index is 0.00458. The lowest BCUT2D eigenvalue weighted by molar-refractivity contribution is -0.116. The summed E-state index contributed by atoms with van der Waals surface area (Å²) >= 11 is 0. The molecule has 0 aliphatic carbocycles. The van der Waals surface area contributed by atoms with Gasteiger partial charge in [-0.1, -0.05) is 32.0 Å². The van der Waals surface area contributed by atoms with Crippen molar-refractivity contribution in [2.24, 2.45) is 5.92 Å². The molecule has 3 heteroatoms. The molecular weight excluding hydrogens is 222 g/mol. The molecular formula is C14H18F2O. The van der Waals surface area contributed by atoms with Gasteiger partial charge in [0.2, 0.25) is 0 Å². The summed E-state index contributed by atoms with van der Waals surface area (Å²) in [4.78, 5) is 11.0. The molecule has 1 aromatic carbocycles. The number of halogens is 2. The Bertz CT molecular complexity index is 397. The van der Waals surface area contributed by atoms with Crippen LogP contribution in [0.2, 0.25) is 0 Å². The standard InChI is InChI=1S/C14H18F2O/c1-10(2)9-14(15,16)13-6-4-5-12(8-13)7-11(3)17/h4-6,8,10H,7,9H2,1-3H3. The molecule has 0 fully saturated rings. The van der Waals surface area contributed by atoms with Crippen molar-refractivity contribution in [3.63, 3.8) is 0 Å². The monoisotopic (exact) mass is 240 g/mol. The topological polar surface area (TPSA) is 17.1 Å². The fourth-order valence-electron chi connectivity index (χ4n) is 1.83. The molecule has 0 unspecified atom stereocenters. The highest BCUT2D eigenvalue weighted by Gasteiger charge is 2.32. The number of alkyl halides is 2. The van der Waals surface area contributed by atoms with Crippen LogP contribution in [0.5, 0.6) is 0 Å². The molecule has 0 aromatic heterocycles. The lowest BCUT2D eigenvalue weighted by Crippen LogP contribution is -2.16. The SMILES string of the molecule is CC(=O)Cc1cccc(C(F)(F)CC(C)C)c1. The lowest BCUT2D eigenvalue weighted by Gasteiger charge is -2.19. The number of benzene rings is 1. The maximum Gasteiger partial charge on any atom is 0.273 e. The molecule has 0 saturated heterocycles. The Kier molecular flexibility index (Phi) is 4.38. The van der Waals surface area contributed by atoms with Gasteiger partial charge in [0.1, 0.15) is 5.78 Å². The van der Waals surface area contributed by atoms with Gasteiger partial charge in [-0.15, -0.1) is 0 Å². The third kappa shape index (κ3) is 4.25. The van der Waals surface area contributed by atoms with E-state index in [9.17, 15) is 13.6 Å². The number of Topliss-reactive ketones (excluding diaryl/α,β-unsaturated/α-hetero) is 1. The van der Waals surface area contributed by atoms with Crippen molar-refractivity contribution < 1.29 is 13.6 Å². The summed E-state index contributed by atoms with van der Waals surface area (Å²) in [6.07, 6.45) is 0.0438. The molecule has 0 aliphatic rings. The summed E-state index contributed by atoms with van der Waals surface area (Å²) in [5.74, 6) is -2.91. The van der Waals surface area contributed by atoms with Crippen molar-refractivity contribution >= 4 is 5.78 Å². The molecule has 0 N–H and O–H groups in total. The van der Waals surface area contributed by atoms with Crippen LogP contribution in [0.4, 0.5) is 8.78 Å². The first-order chi connectivity index (χ1) is 7.81. The maximum absolute atomic E-state index is 13.8. The van der Waals surface area contributed by atoms with Gasteiger partial charge in [-0.05, 0) is 24.5 Å². The van der Waals surface area contributed by atoms with Crippen molar-refractivity contribution in [3.05, 3.63) is 35.4 Å². The van der Waals surface area contributed by atoms with Crippen LogP contribution in [0, 0.1) is 5.92 Å². The van der Waals surface area contributed by atoms with Crippen LogP contribution in [0.25, 0.3) is 0 Å². The molecule has 0 saturated carbocycles. The molecule has 0 aliphatic heterocycles. The van der Waals surface area contributed by atoms with Gasteiger partial charge >= 0.3 is 0 Å². The third-order valence-corrected chi connectivity index (χ3v) is 2.47. The molecule has 0 radical (unpaired) electrons. The second kappa shape index (κ2) is 5.39. The molecule has 1 rings (SSSR count). The van der Waals surface area contributed by atoms with E-state index in [1.54, 1.807) is 26.0 Å². The zero-order valence-electron chi connectivity index (χ0n) is 10.5. The minimum Gasteiger partial charge on any atom is -0.300 e. The Labute approximate surface area is 101 Å². The fraction of sp³-hybridized carbons (Fsp3) is 0.500. The predicted octanol–water partition coefficient (Wildman–Crippen LogP) is 3.96. The van der Waals surface area contributed by atoms with Crippen molar-refractivity contribution in [2.75, 3.05) is 0 Å². The van der Waals surface area contributed by atoms with Gasteiger partial charge in [0.05, 0.1) is 0 Å². The average molecular weight is 240 g/mol. The van der Waals surface area contributed by atoms with Crippen molar-refractivity contribution in [2.45, 2.75) is 39.5 Å². The van der Waals surface area contributed by atoms with E-state index in [4.69, 9.17) is 0 Å². The van der Waals surface area contributed by atoms with Crippen LogP contribution >= 0.6 is 0 Å². The second-order valence-corrected chi connectivity index (χ2v) is 4.88. The summed E-state index contributed by atoms with van der Waals surface area (Å²) in [5.41, 5.74) is 0.656. The molecule has 0 spiro atoms. The average Bonchev–Trinajstić information content (AvgIpc) is 2.15. The largest absolute Gasteiger partial charge is 0.300 e. The fourth-order valence-corrected chi connectivity index (χ4v) is 1.83. The summed E-state index contributed by atoms with van der Waals surface area (Å²) in [5, 5.41) is 0. The highest BCUT2D eigenvalue weighted by molar-refractivity contribution is 5.78. The minimum atomic E-state index is -2.82. The van der Waals surface area contributed by atoms with Crippen LogP contribution in [-0.2, 0) is 17.1 Å². The van der Waals surface area contributed by atoms with Crippen LogP contribution in [0.3, 0.4) is 0 Å². The van der Waals surface area contributed by atoms with Crippen molar-refractivity contribution in [1.29, 1.82) is 0 Å². The molecule has 0 atom stereocenters. The van der Waals surface area contributed by atoms with Gasteiger partial charge in [0, 0.05) is 18.4 Å². The first-order valence-corrected chi connectivity index (χ1v) is 5.78. The molecule has 1 nitrogen and oxygen atoms in total. The maximum atomic E-state index is 13.8. The van der Waals surface area contributed by atoms with E-state index in [-0.39, 0.29) is 30.1 Å². The number of carbonyl (C=O) groups excluding carboxylic acids is 1. The van der Waals surface area contributed by atoms with E-state index in [0.717, 1.165) is 0 Å². The molecule has 1 aromatic rings. The normalized spacial score (nSPS) is 11.9. The van der Waals surface area contributed by atoms with Gasteiger partial charge in [0.15, 0.2) is 0 Å². The second-order valence-electron chi connectivity index (χ2n) is 4.88.